The fourth-order valence-electron chi connectivity index (χ4n) is 2.16. The number of anilines is 1. The van der Waals surface area contributed by atoms with Gasteiger partial charge in [0.2, 0.25) is 0 Å². The second kappa shape index (κ2) is 5.40. The highest BCUT2D eigenvalue weighted by Crippen LogP contribution is 2.31. The van der Waals surface area contributed by atoms with Crippen LogP contribution in [0.3, 0.4) is 0 Å². The van der Waals surface area contributed by atoms with Crippen LogP contribution in [-0.2, 0) is 9.53 Å². The molecule has 1 aromatic carbocycles. The van der Waals surface area contributed by atoms with Gasteiger partial charge in [-0.15, -0.1) is 0 Å². The SMILES string of the molecule is COc1ccc(N2CC(C)(CCC(=O)O)OC2=O)cc1. The maximum Gasteiger partial charge on any atom is 0.415 e. The highest BCUT2D eigenvalue weighted by atomic mass is 16.6. The second-order valence-electron chi connectivity index (χ2n) is 5.00. The summed E-state index contributed by atoms with van der Waals surface area (Å²) in [6, 6.07) is 7.05. The minimum Gasteiger partial charge on any atom is -0.497 e. The summed E-state index contributed by atoms with van der Waals surface area (Å²) in [6.07, 6.45) is -0.191. The first-order valence-electron chi connectivity index (χ1n) is 6.30. The van der Waals surface area contributed by atoms with Gasteiger partial charge in [0.05, 0.1) is 13.7 Å². The number of carboxylic acids is 1. The zero-order chi connectivity index (χ0) is 14.8. The van der Waals surface area contributed by atoms with Gasteiger partial charge < -0.3 is 14.6 Å². The summed E-state index contributed by atoms with van der Waals surface area (Å²) in [7, 11) is 1.57. The minimum atomic E-state index is -0.898. The number of benzene rings is 1. The quantitative estimate of drug-likeness (QED) is 0.894. The molecule has 6 nitrogen and oxygen atoms in total. The smallest absolute Gasteiger partial charge is 0.415 e. The van der Waals surface area contributed by atoms with Crippen molar-refractivity contribution in [3.05, 3.63) is 24.3 Å². The monoisotopic (exact) mass is 279 g/mol. The number of cyclic esters (lactones) is 1. The summed E-state index contributed by atoms with van der Waals surface area (Å²) in [5.41, 5.74) is -0.0649. The van der Waals surface area contributed by atoms with Gasteiger partial charge in [-0.05, 0) is 37.6 Å². The van der Waals surface area contributed by atoms with Crippen molar-refractivity contribution in [2.75, 3.05) is 18.6 Å². The second-order valence-corrected chi connectivity index (χ2v) is 5.00. The summed E-state index contributed by atoms with van der Waals surface area (Å²) in [6.45, 7) is 2.09. The van der Waals surface area contributed by atoms with Crippen LogP contribution in [0.25, 0.3) is 0 Å². The van der Waals surface area contributed by atoms with Crippen LogP contribution in [-0.4, -0.2) is 36.4 Å². The van der Waals surface area contributed by atoms with E-state index < -0.39 is 17.7 Å². The first-order valence-corrected chi connectivity index (χ1v) is 6.30. The Balaban J connectivity index is 2.09. The fraction of sp³-hybridized carbons (Fsp3) is 0.429. The summed E-state index contributed by atoms with van der Waals surface area (Å²) in [5.74, 6) is -0.194. The molecule has 0 spiro atoms. The lowest BCUT2D eigenvalue weighted by molar-refractivity contribution is -0.138. The van der Waals surface area contributed by atoms with E-state index >= 15 is 0 Å². The minimum absolute atomic E-state index is 0.0275. The van der Waals surface area contributed by atoms with Gasteiger partial charge in [-0.1, -0.05) is 0 Å². The number of ether oxygens (including phenoxy) is 2. The van der Waals surface area contributed by atoms with Gasteiger partial charge in [0.15, 0.2) is 0 Å². The third-order valence-corrected chi connectivity index (χ3v) is 3.30. The van der Waals surface area contributed by atoms with E-state index in [1.807, 2.05) is 0 Å². The molecule has 108 valence electrons. The molecule has 1 N–H and O–H groups in total. The summed E-state index contributed by atoms with van der Waals surface area (Å²) in [4.78, 5) is 24.0. The van der Waals surface area contributed by atoms with Crippen LogP contribution in [0.1, 0.15) is 19.8 Å². The van der Waals surface area contributed by atoms with Crippen molar-refractivity contribution < 1.29 is 24.2 Å². The Morgan fingerprint density at radius 3 is 2.65 bits per heavy atom. The third-order valence-electron chi connectivity index (χ3n) is 3.30. The lowest BCUT2D eigenvalue weighted by Crippen LogP contribution is -2.31. The predicted molar refractivity (Wildman–Crippen MR) is 72.1 cm³/mol. The number of hydrogen-bond acceptors (Lipinski definition) is 4. The van der Waals surface area contributed by atoms with Crippen LogP contribution in [0.15, 0.2) is 24.3 Å². The van der Waals surface area contributed by atoms with E-state index in [-0.39, 0.29) is 6.42 Å². The van der Waals surface area contributed by atoms with Crippen LogP contribution in [0.4, 0.5) is 10.5 Å². The molecule has 0 aromatic heterocycles. The summed E-state index contributed by atoms with van der Waals surface area (Å²) < 4.78 is 10.4. The van der Waals surface area contributed by atoms with Crippen molar-refractivity contribution >= 4 is 17.7 Å². The molecule has 1 unspecified atom stereocenters. The van der Waals surface area contributed by atoms with Crippen LogP contribution in [0.5, 0.6) is 5.75 Å². The predicted octanol–water partition coefficient (Wildman–Crippen LogP) is 2.28. The molecular formula is C14H17NO5. The van der Waals surface area contributed by atoms with E-state index in [1.54, 1.807) is 38.3 Å². The first-order chi connectivity index (χ1) is 9.43. The standard InChI is InChI=1S/C14H17NO5/c1-14(8-7-12(16)17)9-15(13(18)20-14)10-3-5-11(19-2)6-4-10/h3-6H,7-9H2,1-2H3,(H,16,17). The van der Waals surface area contributed by atoms with Gasteiger partial charge in [0.25, 0.3) is 0 Å². The molecule has 1 amide bonds. The molecule has 1 aliphatic heterocycles. The Morgan fingerprint density at radius 2 is 2.10 bits per heavy atom. The molecule has 0 saturated carbocycles. The van der Waals surface area contributed by atoms with Crippen molar-refractivity contribution in [1.29, 1.82) is 0 Å². The maximum absolute atomic E-state index is 11.9. The Hall–Kier alpha value is -2.24. The zero-order valence-corrected chi connectivity index (χ0v) is 11.5. The first kappa shape index (κ1) is 14.2. The Bertz CT molecular complexity index is 513. The van der Waals surface area contributed by atoms with Gasteiger partial charge in [-0.2, -0.15) is 0 Å². The number of amides is 1. The Kier molecular flexibility index (Phi) is 3.83. The third kappa shape index (κ3) is 3.01. The number of hydrogen-bond donors (Lipinski definition) is 1. The molecule has 1 saturated heterocycles. The average molecular weight is 279 g/mol. The molecule has 0 aliphatic carbocycles. The number of rotatable bonds is 5. The molecule has 0 bridgehead atoms. The number of carbonyl (C=O) groups excluding carboxylic acids is 1. The summed E-state index contributed by atoms with van der Waals surface area (Å²) >= 11 is 0. The van der Waals surface area contributed by atoms with Crippen molar-refractivity contribution in [2.45, 2.75) is 25.4 Å². The number of carbonyl (C=O) groups is 2. The highest BCUT2D eigenvalue weighted by Gasteiger charge is 2.42. The van der Waals surface area contributed by atoms with Crippen LogP contribution in [0, 0.1) is 0 Å². The molecule has 1 fully saturated rings. The topological polar surface area (TPSA) is 76.1 Å². The van der Waals surface area contributed by atoms with Crippen molar-refractivity contribution in [1.82, 2.24) is 0 Å². The van der Waals surface area contributed by atoms with Crippen LogP contribution >= 0.6 is 0 Å². The number of nitrogens with zero attached hydrogens (tertiary/aromatic N) is 1. The average Bonchev–Trinajstić information content (AvgIpc) is 2.73. The van der Waals surface area contributed by atoms with Crippen molar-refractivity contribution in [2.24, 2.45) is 0 Å². The van der Waals surface area contributed by atoms with E-state index in [4.69, 9.17) is 14.6 Å². The van der Waals surface area contributed by atoms with E-state index in [0.29, 0.717) is 24.4 Å². The van der Waals surface area contributed by atoms with Crippen molar-refractivity contribution in [3.8, 4) is 5.75 Å². The van der Waals surface area contributed by atoms with Crippen LogP contribution in [0.2, 0.25) is 0 Å². The summed E-state index contributed by atoms with van der Waals surface area (Å²) in [5, 5.41) is 8.73. The van der Waals surface area contributed by atoms with E-state index in [0.717, 1.165) is 0 Å². The van der Waals surface area contributed by atoms with Gasteiger partial charge >= 0.3 is 12.1 Å². The molecular weight excluding hydrogens is 262 g/mol. The fourth-order valence-corrected chi connectivity index (χ4v) is 2.16. The molecule has 1 aliphatic rings. The lowest BCUT2D eigenvalue weighted by atomic mass is 10.00. The van der Waals surface area contributed by atoms with E-state index in [9.17, 15) is 9.59 Å². The van der Waals surface area contributed by atoms with Gasteiger partial charge in [-0.3, -0.25) is 9.69 Å². The number of aliphatic carboxylic acids is 1. The molecule has 1 aromatic rings. The van der Waals surface area contributed by atoms with Gasteiger partial charge in [-0.25, -0.2) is 4.79 Å². The molecule has 0 radical (unpaired) electrons. The largest absolute Gasteiger partial charge is 0.497 e. The number of methoxy groups -OCH3 is 1. The van der Waals surface area contributed by atoms with Crippen molar-refractivity contribution in [3.63, 3.8) is 0 Å². The highest BCUT2D eigenvalue weighted by molar-refractivity contribution is 5.90. The van der Waals surface area contributed by atoms with Gasteiger partial charge in [0.1, 0.15) is 11.4 Å². The van der Waals surface area contributed by atoms with Crippen LogP contribution < -0.4 is 9.64 Å². The molecule has 6 heteroatoms. The normalized spacial score (nSPS) is 21.7. The number of carboxylic acid groups (broad SMARTS) is 1. The zero-order valence-electron chi connectivity index (χ0n) is 11.5. The van der Waals surface area contributed by atoms with E-state index in [2.05, 4.69) is 0 Å². The lowest BCUT2D eigenvalue weighted by Gasteiger charge is -2.20. The molecule has 1 atom stereocenters. The van der Waals surface area contributed by atoms with E-state index in [1.165, 1.54) is 4.90 Å². The Morgan fingerprint density at radius 1 is 1.45 bits per heavy atom. The van der Waals surface area contributed by atoms with Gasteiger partial charge in [0, 0.05) is 12.1 Å². The molecule has 20 heavy (non-hydrogen) atoms. The Labute approximate surface area is 116 Å². The molecule has 1 heterocycles. The molecule has 2 rings (SSSR count). The maximum atomic E-state index is 11.9.